The zero-order valence-electron chi connectivity index (χ0n) is 13.8. The number of nitrogens with zero attached hydrogens (tertiary/aromatic N) is 3. The Morgan fingerprint density at radius 1 is 1.27 bits per heavy atom. The van der Waals surface area contributed by atoms with Crippen LogP contribution in [-0.2, 0) is 6.54 Å². The van der Waals surface area contributed by atoms with Crippen molar-refractivity contribution in [1.29, 1.82) is 0 Å². The largest absolute Gasteiger partial charge is 0.348 e. The number of H-pyrrole nitrogens is 1. The molecule has 0 saturated carbocycles. The number of amides is 1. The summed E-state index contributed by atoms with van der Waals surface area (Å²) >= 11 is 0. The van der Waals surface area contributed by atoms with Gasteiger partial charge in [-0.25, -0.2) is 9.37 Å². The third kappa shape index (κ3) is 3.04. The minimum atomic E-state index is -0.595. The van der Waals surface area contributed by atoms with Gasteiger partial charge in [-0.3, -0.25) is 4.79 Å². The monoisotopic (exact) mass is 351 g/mol. The summed E-state index contributed by atoms with van der Waals surface area (Å²) in [5.41, 5.74) is 2.72. The Morgan fingerprint density at radius 2 is 2.08 bits per heavy atom. The van der Waals surface area contributed by atoms with E-state index in [0.717, 1.165) is 11.1 Å². The average molecular weight is 351 g/mol. The Balaban J connectivity index is 1.46. The van der Waals surface area contributed by atoms with Gasteiger partial charge >= 0.3 is 0 Å². The fourth-order valence-electron chi connectivity index (χ4n) is 2.60. The summed E-state index contributed by atoms with van der Waals surface area (Å²) in [5, 5.41) is 6.56. The molecule has 0 aliphatic heterocycles. The molecule has 0 unspecified atom stereocenters. The summed E-state index contributed by atoms with van der Waals surface area (Å²) in [7, 11) is 0. The Bertz CT molecular complexity index is 1080. The molecule has 8 heteroatoms. The highest BCUT2D eigenvalue weighted by Gasteiger charge is 2.14. The second kappa shape index (κ2) is 6.40. The van der Waals surface area contributed by atoms with Crippen LogP contribution < -0.4 is 5.32 Å². The third-order valence-electron chi connectivity index (χ3n) is 3.95. The van der Waals surface area contributed by atoms with Gasteiger partial charge in [-0.1, -0.05) is 29.4 Å². The lowest BCUT2D eigenvalue weighted by Gasteiger charge is -2.07. The molecule has 7 nitrogen and oxygen atoms in total. The fraction of sp³-hybridized carbons (Fsp3) is 0.111. The van der Waals surface area contributed by atoms with E-state index in [1.165, 1.54) is 18.5 Å². The highest BCUT2D eigenvalue weighted by Crippen LogP contribution is 2.18. The van der Waals surface area contributed by atoms with Gasteiger partial charge < -0.3 is 14.8 Å². The summed E-state index contributed by atoms with van der Waals surface area (Å²) in [5.74, 6) is -0.0907. The zero-order chi connectivity index (χ0) is 18.1. The predicted octanol–water partition coefficient (Wildman–Crippen LogP) is 2.99. The molecular formula is C18H14FN5O2. The van der Waals surface area contributed by atoms with E-state index >= 15 is 0 Å². The summed E-state index contributed by atoms with van der Waals surface area (Å²) in [6, 6.07) is 10.0. The van der Waals surface area contributed by atoms with Crippen molar-refractivity contribution in [2.24, 2.45) is 0 Å². The van der Waals surface area contributed by atoms with Crippen LogP contribution in [0.2, 0.25) is 0 Å². The molecular weight excluding hydrogens is 337 g/mol. The highest BCUT2D eigenvalue weighted by atomic mass is 19.1. The standard InChI is InChI=1S/C18H14FN5O2/c1-10-23-17(24-26-10)12-4-2-11(3-5-12)8-20-18(25)13-6-15-16(7-14(13)19)22-9-21-15/h2-7,9H,8H2,1H3,(H,20,25)(H,21,22). The quantitative estimate of drug-likeness (QED) is 0.589. The van der Waals surface area contributed by atoms with E-state index in [0.29, 0.717) is 22.7 Å². The van der Waals surface area contributed by atoms with Crippen LogP contribution in [0.15, 0.2) is 47.2 Å². The number of fused-ring (bicyclic) bond motifs is 1. The number of aromatic amines is 1. The first-order valence-corrected chi connectivity index (χ1v) is 7.90. The molecule has 26 heavy (non-hydrogen) atoms. The van der Waals surface area contributed by atoms with E-state index in [2.05, 4.69) is 25.4 Å². The van der Waals surface area contributed by atoms with Crippen LogP contribution in [0, 0.1) is 12.7 Å². The van der Waals surface area contributed by atoms with Crippen LogP contribution in [0.3, 0.4) is 0 Å². The van der Waals surface area contributed by atoms with Gasteiger partial charge in [0.15, 0.2) is 0 Å². The van der Waals surface area contributed by atoms with E-state index in [1.54, 1.807) is 6.92 Å². The molecule has 2 heterocycles. The predicted molar refractivity (Wildman–Crippen MR) is 91.7 cm³/mol. The molecule has 0 aliphatic rings. The molecule has 0 fully saturated rings. The Hall–Kier alpha value is -3.55. The molecule has 0 atom stereocenters. The second-order valence-electron chi connectivity index (χ2n) is 5.77. The van der Waals surface area contributed by atoms with Crippen LogP contribution >= 0.6 is 0 Å². The van der Waals surface area contributed by atoms with Gasteiger partial charge in [0.05, 0.1) is 22.9 Å². The van der Waals surface area contributed by atoms with Crippen molar-refractivity contribution >= 4 is 16.9 Å². The minimum Gasteiger partial charge on any atom is -0.348 e. The van der Waals surface area contributed by atoms with E-state index in [-0.39, 0.29) is 12.1 Å². The Kier molecular flexibility index (Phi) is 3.92. The van der Waals surface area contributed by atoms with Gasteiger partial charge in [0, 0.05) is 25.1 Å². The second-order valence-corrected chi connectivity index (χ2v) is 5.77. The van der Waals surface area contributed by atoms with E-state index in [4.69, 9.17) is 4.52 Å². The van der Waals surface area contributed by atoms with Crippen molar-refractivity contribution in [2.45, 2.75) is 13.5 Å². The molecule has 0 bridgehead atoms. The van der Waals surface area contributed by atoms with Gasteiger partial charge in [0.1, 0.15) is 5.82 Å². The van der Waals surface area contributed by atoms with Crippen LogP contribution in [0.4, 0.5) is 4.39 Å². The van der Waals surface area contributed by atoms with Crippen molar-refractivity contribution in [3.05, 3.63) is 65.6 Å². The molecule has 0 aliphatic carbocycles. The number of carbonyl (C=O) groups is 1. The first-order chi connectivity index (χ1) is 12.6. The summed E-state index contributed by atoms with van der Waals surface area (Å²) in [4.78, 5) is 23.3. The molecule has 4 rings (SSSR count). The smallest absolute Gasteiger partial charge is 0.254 e. The molecule has 2 aromatic carbocycles. The van der Waals surface area contributed by atoms with Crippen molar-refractivity contribution in [2.75, 3.05) is 0 Å². The molecule has 0 spiro atoms. The van der Waals surface area contributed by atoms with E-state index in [1.807, 2.05) is 24.3 Å². The van der Waals surface area contributed by atoms with Crippen molar-refractivity contribution < 1.29 is 13.7 Å². The number of aryl methyl sites for hydroxylation is 1. The van der Waals surface area contributed by atoms with Gasteiger partial charge in [-0.05, 0) is 11.6 Å². The van der Waals surface area contributed by atoms with Crippen LogP contribution in [0.1, 0.15) is 21.8 Å². The van der Waals surface area contributed by atoms with Crippen molar-refractivity contribution in [3.8, 4) is 11.4 Å². The fourth-order valence-corrected chi connectivity index (χ4v) is 2.60. The lowest BCUT2D eigenvalue weighted by Crippen LogP contribution is -2.23. The Morgan fingerprint density at radius 3 is 2.81 bits per heavy atom. The molecule has 130 valence electrons. The molecule has 0 saturated heterocycles. The average Bonchev–Trinajstić information content (AvgIpc) is 3.27. The molecule has 0 radical (unpaired) electrons. The summed E-state index contributed by atoms with van der Waals surface area (Å²) in [6.07, 6.45) is 1.46. The molecule has 4 aromatic rings. The van der Waals surface area contributed by atoms with Crippen molar-refractivity contribution in [3.63, 3.8) is 0 Å². The van der Waals surface area contributed by atoms with Crippen LogP contribution in [0.5, 0.6) is 0 Å². The maximum absolute atomic E-state index is 14.1. The van der Waals surface area contributed by atoms with Crippen LogP contribution in [0.25, 0.3) is 22.4 Å². The van der Waals surface area contributed by atoms with Gasteiger partial charge in [0.2, 0.25) is 11.7 Å². The number of aromatic nitrogens is 4. The highest BCUT2D eigenvalue weighted by molar-refractivity contribution is 5.97. The van der Waals surface area contributed by atoms with Gasteiger partial charge in [-0.2, -0.15) is 4.98 Å². The molecule has 1 amide bonds. The maximum atomic E-state index is 14.1. The summed E-state index contributed by atoms with van der Waals surface area (Å²) in [6.45, 7) is 1.99. The normalized spacial score (nSPS) is 11.0. The van der Waals surface area contributed by atoms with Crippen molar-refractivity contribution in [1.82, 2.24) is 25.4 Å². The first-order valence-electron chi connectivity index (χ1n) is 7.90. The number of halogens is 1. The topological polar surface area (TPSA) is 96.7 Å². The number of rotatable bonds is 4. The zero-order valence-corrected chi connectivity index (χ0v) is 13.8. The SMILES string of the molecule is Cc1nc(-c2ccc(CNC(=O)c3cc4nc[nH]c4cc3F)cc2)no1. The van der Waals surface area contributed by atoms with Gasteiger partial charge in [0.25, 0.3) is 5.91 Å². The van der Waals surface area contributed by atoms with Gasteiger partial charge in [-0.15, -0.1) is 0 Å². The van der Waals surface area contributed by atoms with E-state index < -0.39 is 11.7 Å². The van der Waals surface area contributed by atoms with Crippen LogP contribution in [-0.4, -0.2) is 26.0 Å². The third-order valence-corrected chi connectivity index (χ3v) is 3.95. The lowest BCUT2D eigenvalue weighted by atomic mass is 10.1. The Labute approximate surface area is 147 Å². The maximum Gasteiger partial charge on any atom is 0.254 e. The number of benzene rings is 2. The number of hydrogen-bond donors (Lipinski definition) is 2. The number of hydrogen-bond acceptors (Lipinski definition) is 5. The number of imidazole rings is 1. The first kappa shape index (κ1) is 15.9. The number of nitrogens with one attached hydrogen (secondary N) is 2. The van der Waals surface area contributed by atoms with E-state index in [9.17, 15) is 9.18 Å². The summed E-state index contributed by atoms with van der Waals surface area (Å²) < 4.78 is 19.0. The molecule has 2 aromatic heterocycles. The molecule has 2 N–H and O–H groups in total. The minimum absolute atomic E-state index is 0.0384. The lowest BCUT2D eigenvalue weighted by molar-refractivity contribution is 0.0947. The number of carbonyl (C=O) groups excluding carboxylic acids is 1.